The Morgan fingerprint density at radius 3 is 2.70 bits per heavy atom. The number of fused-ring (bicyclic) bond motifs is 1. The van der Waals surface area contributed by atoms with Crippen LogP contribution in [0.4, 0.5) is 4.39 Å². The number of hydrogen-bond donors (Lipinski definition) is 1. The Labute approximate surface area is 157 Å². The monoisotopic (exact) mass is 367 g/mol. The average molecular weight is 367 g/mol. The molecule has 1 saturated heterocycles. The van der Waals surface area contributed by atoms with Crippen LogP contribution in [0.25, 0.3) is 16.9 Å². The molecule has 1 N–H and O–H groups in total. The summed E-state index contributed by atoms with van der Waals surface area (Å²) in [7, 11) is 0. The molecule has 0 atom stereocenters. The van der Waals surface area contributed by atoms with Crippen molar-refractivity contribution in [1.29, 1.82) is 0 Å². The number of nitrogens with zero attached hydrogens (tertiary/aromatic N) is 4. The van der Waals surface area contributed by atoms with Crippen LogP contribution in [0.5, 0.6) is 0 Å². The van der Waals surface area contributed by atoms with Gasteiger partial charge in [0.2, 0.25) is 0 Å². The highest BCUT2D eigenvalue weighted by Gasteiger charge is 2.15. The number of hydrogen-bond acceptors (Lipinski definition) is 4. The summed E-state index contributed by atoms with van der Waals surface area (Å²) in [5.74, 6) is -0.497. The molecule has 1 aliphatic rings. The molecule has 2 aromatic heterocycles. The van der Waals surface area contributed by atoms with Crippen molar-refractivity contribution in [2.75, 3.05) is 26.2 Å². The minimum atomic E-state index is -0.303. The lowest BCUT2D eigenvalue weighted by Gasteiger charge is -2.26. The van der Waals surface area contributed by atoms with E-state index in [4.69, 9.17) is 0 Å². The van der Waals surface area contributed by atoms with Crippen molar-refractivity contribution in [3.8, 4) is 11.3 Å². The van der Waals surface area contributed by atoms with Gasteiger partial charge in [-0.3, -0.25) is 9.78 Å². The van der Waals surface area contributed by atoms with Crippen LogP contribution in [-0.2, 0) is 0 Å². The number of likely N-dealkylation sites (tertiary alicyclic amines) is 1. The molecule has 27 heavy (non-hydrogen) atoms. The van der Waals surface area contributed by atoms with Crippen LogP contribution in [0.3, 0.4) is 0 Å². The third-order valence-corrected chi connectivity index (χ3v) is 4.89. The third kappa shape index (κ3) is 3.98. The second kappa shape index (κ2) is 7.84. The van der Waals surface area contributed by atoms with Gasteiger partial charge < -0.3 is 14.6 Å². The first kappa shape index (κ1) is 17.6. The van der Waals surface area contributed by atoms with E-state index in [1.807, 2.05) is 0 Å². The topological polar surface area (TPSA) is 62.5 Å². The number of imidazole rings is 1. The lowest BCUT2D eigenvalue weighted by molar-refractivity contribution is 0.0942. The van der Waals surface area contributed by atoms with Gasteiger partial charge >= 0.3 is 0 Å². The highest BCUT2D eigenvalue weighted by Crippen LogP contribution is 2.22. The molecule has 1 amide bonds. The second-order valence-corrected chi connectivity index (χ2v) is 6.80. The van der Waals surface area contributed by atoms with Crippen LogP contribution in [0.2, 0.25) is 0 Å². The number of benzene rings is 1. The highest BCUT2D eigenvalue weighted by atomic mass is 19.1. The fourth-order valence-corrected chi connectivity index (χ4v) is 3.44. The maximum Gasteiger partial charge on any atom is 0.271 e. The zero-order valence-corrected chi connectivity index (χ0v) is 15.1. The number of aromatic nitrogens is 3. The molecular formula is C20H22FN5O. The number of rotatable bonds is 5. The fraction of sp³-hybridized carbons (Fsp3) is 0.350. The smallest absolute Gasteiger partial charge is 0.271 e. The van der Waals surface area contributed by atoms with Crippen LogP contribution in [0.15, 0.2) is 42.9 Å². The summed E-state index contributed by atoms with van der Waals surface area (Å²) < 4.78 is 15.0. The summed E-state index contributed by atoms with van der Waals surface area (Å²) in [6.45, 7) is 3.69. The van der Waals surface area contributed by atoms with E-state index in [2.05, 4.69) is 20.2 Å². The number of nitrogens with one attached hydrogen (secondary N) is 1. The number of piperidine rings is 1. The van der Waals surface area contributed by atoms with Gasteiger partial charge in [0.1, 0.15) is 17.2 Å². The Balaban J connectivity index is 1.48. The summed E-state index contributed by atoms with van der Waals surface area (Å²) in [5, 5.41) is 2.95. The Kier molecular flexibility index (Phi) is 5.11. The van der Waals surface area contributed by atoms with Crippen LogP contribution in [0, 0.1) is 5.82 Å². The van der Waals surface area contributed by atoms with Gasteiger partial charge in [-0.15, -0.1) is 0 Å². The normalized spacial score (nSPS) is 15.1. The third-order valence-electron chi connectivity index (χ3n) is 4.89. The number of halogens is 1. The van der Waals surface area contributed by atoms with Crippen molar-refractivity contribution in [3.05, 3.63) is 54.4 Å². The predicted octanol–water partition coefficient (Wildman–Crippen LogP) is 2.75. The van der Waals surface area contributed by atoms with E-state index in [-0.39, 0.29) is 11.7 Å². The van der Waals surface area contributed by atoms with Gasteiger partial charge in [0.15, 0.2) is 5.65 Å². The molecule has 0 radical (unpaired) electrons. The van der Waals surface area contributed by atoms with Gasteiger partial charge in [-0.05, 0) is 50.2 Å². The maximum absolute atomic E-state index is 13.2. The molecule has 7 heteroatoms. The highest BCUT2D eigenvalue weighted by molar-refractivity contribution is 5.93. The Morgan fingerprint density at radius 1 is 1.15 bits per heavy atom. The zero-order valence-electron chi connectivity index (χ0n) is 15.1. The van der Waals surface area contributed by atoms with E-state index >= 15 is 0 Å². The molecule has 3 heterocycles. The summed E-state index contributed by atoms with van der Waals surface area (Å²) in [6, 6.07) is 6.09. The summed E-state index contributed by atoms with van der Waals surface area (Å²) in [6.07, 6.45) is 8.86. The van der Waals surface area contributed by atoms with E-state index in [0.717, 1.165) is 25.2 Å². The number of carbonyl (C=O) groups is 1. The van der Waals surface area contributed by atoms with Gasteiger partial charge in [-0.2, -0.15) is 0 Å². The molecule has 0 spiro atoms. The fourth-order valence-electron chi connectivity index (χ4n) is 3.44. The Hall–Kier alpha value is -2.80. The van der Waals surface area contributed by atoms with E-state index in [1.165, 1.54) is 31.4 Å². The molecule has 4 rings (SSSR count). The molecule has 1 fully saturated rings. The number of carbonyl (C=O) groups excluding carboxylic acids is 1. The van der Waals surface area contributed by atoms with Crippen molar-refractivity contribution in [1.82, 2.24) is 24.6 Å². The van der Waals surface area contributed by atoms with Gasteiger partial charge in [0.25, 0.3) is 5.91 Å². The zero-order chi connectivity index (χ0) is 18.6. The van der Waals surface area contributed by atoms with Gasteiger partial charge in [-0.1, -0.05) is 6.42 Å². The van der Waals surface area contributed by atoms with E-state index in [9.17, 15) is 9.18 Å². The largest absolute Gasteiger partial charge is 0.349 e. The standard InChI is InChI=1S/C20H22FN5O/c21-16-6-4-15(5-7-16)18-19-24-17(14-26(19)13-9-22-18)20(27)23-8-12-25-10-2-1-3-11-25/h4-7,9,13-14H,1-3,8,10-12H2,(H,23,27). The second-order valence-electron chi connectivity index (χ2n) is 6.80. The van der Waals surface area contributed by atoms with Crippen molar-refractivity contribution in [3.63, 3.8) is 0 Å². The van der Waals surface area contributed by atoms with Crippen LogP contribution in [0.1, 0.15) is 29.8 Å². The molecule has 1 aromatic carbocycles. The summed E-state index contributed by atoms with van der Waals surface area (Å²) >= 11 is 0. The SMILES string of the molecule is O=C(NCCN1CCCCC1)c1cn2ccnc(-c3ccc(F)cc3)c2n1. The molecule has 0 bridgehead atoms. The van der Waals surface area contributed by atoms with Gasteiger partial charge in [0, 0.05) is 37.2 Å². The van der Waals surface area contributed by atoms with Crippen molar-refractivity contribution in [2.45, 2.75) is 19.3 Å². The summed E-state index contributed by atoms with van der Waals surface area (Å²) in [5.41, 5.74) is 2.30. The van der Waals surface area contributed by atoms with E-state index < -0.39 is 0 Å². The first-order valence-corrected chi connectivity index (χ1v) is 9.31. The molecule has 3 aromatic rings. The maximum atomic E-state index is 13.2. The van der Waals surface area contributed by atoms with Gasteiger partial charge in [-0.25, -0.2) is 9.37 Å². The lowest BCUT2D eigenvalue weighted by Crippen LogP contribution is -2.37. The van der Waals surface area contributed by atoms with Crippen LogP contribution < -0.4 is 5.32 Å². The van der Waals surface area contributed by atoms with Crippen molar-refractivity contribution < 1.29 is 9.18 Å². The van der Waals surface area contributed by atoms with Gasteiger partial charge in [0.05, 0.1) is 0 Å². The lowest BCUT2D eigenvalue weighted by atomic mass is 10.1. The molecule has 6 nitrogen and oxygen atoms in total. The molecular weight excluding hydrogens is 345 g/mol. The first-order valence-electron chi connectivity index (χ1n) is 9.31. The molecule has 0 saturated carbocycles. The Bertz CT molecular complexity index is 931. The van der Waals surface area contributed by atoms with E-state index in [0.29, 0.717) is 23.6 Å². The Morgan fingerprint density at radius 2 is 1.93 bits per heavy atom. The summed E-state index contributed by atoms with van der Waals surface area (Å²) in [4.78, 5) is 23.7. The van der Waals surface area contributed by atoms with Crippen molar-refractivity contribution in [2.24, 2.45) is 0 Å². The first-order chi connectivity index (χ1) is 13.2. The van der Waals surface area contributed by atoms with Crippen molar-refractivity contribution >= 4 is 11.6 Å². The average Bonchev–Trinajstić information content (AvgIpc) is 3.14. The minimum absolute atomic E-state index is 0.194. The molecule has 1 aliphatic heterocycles. The molecule has 0 unspecified atom stereocenters. The minimum Gasteiger partial charge on any atom is -0.349 e. The number of amides is 1. The molecule has 140 valence electrons. The predicted molar refractivity (Wildman–Crippen MR) is 101 cm³/mol. The van der Waals surface area contributed by atoms with E-state index in [1.54, 1.807) is 35.1 Å². The molecule has 0 aliphatic carbocycles. The van der Waals surface area contributed by atoms with Crippen LogP contribution >= 0.6 is 0 Å². The quantitative estimate of drug-likeness (QED) is 0.753. The van der Waals surface area contributed by atoms with Crippen LogP contribution in [-0.4, -0.2) is 51.4 Å².